The van der Waals surface area contributed by atoms with Crippen LogP contribution in [0.2, 0.25) is 0 Å². The van der Waals surface area contributed by atoms with Crippen LogP contribution < -0.4 is 10.9 Å². The number of anilines is 1. The van der Waals surface area contributed by atoms with Crippen molar-refractivity contribution in [3.8, 4) is 0 Å². The molecule has 144 valence electrons. The second-order valence-corrected chi connectivity index (χ2v) is 7.55. The van der Waals surface area contributed by atoms with Gasteiger partial charge < -0.3 is 5.32 Å². The van der Waals surface area contributed by atoms with Crippen molar-refractivity contribution < 1.29 is 0 Å². The lowest BCUT2D eigenvalue weighted by Gasteiger charge is -2.22. The van der Waals surface area contributed by atoms with Gasteiger partial charge in [0, 0.05) is 31.6 Å². The van der Waals surface area contributed by atoms with E-state index in [1.54, 1.807) is 0 Å². The van der Waals surface area contributed by atoms with E-state index in [1.165, 1.54) is 5.56 Å². The first-order valence-electron chi connectivity index (χ1n) is 9.74. The monoisotopic (exact) mass is 374 g/mol. The predicted octanol–water partition coefficient (Wildman–Crippen LogP) is 3.24. The first kappa shape index (κ1) is 18.4. The fourth-order valence-corrected chi connectivity index (χ4v) is 3.91. The van der Waals surface area contributed by atoms with Crippen molar-refractivity contribution in [1.82, 2.24) is 14.5 Å². The molecule has 1 atom stereocenters. The number of nitrogens with one attached hydrogen (secondary N) is 1. The third kappa shape index (κ3) is 3.85. The van der Waals surface area contributed by atoms with Crippen LogP contribution in [0.15, 0.2) is 65.5 Å². The minimum absolute atomic E-state index is 0.0782. The van der Waals surface area contributed by atoms with Gasteiger partial charge >= 0.3 is 0 Å². The summed E-state index contributed by atoms with van der Waals surface area (Å²) in [6.45, 7) is 4.31. The molecule has 1 unspecified atom stereocenters. The second kappa shape index (κ2) is 7.98. The van der Waals surface area contributed by atoms with Crippen LogP contribution in [-0.4, -0.2) is 34.6 Å². The molecule has 3 aromatic rings. The van der Waals surface area contributed by atoms with Crippen LogP contribution in [0, 0.1) is 6.92 Å². The maximum atomic E-state index is 13.3. The van der Waals surface area contributed by atoms with E-state index < -0.39 is 0 Å². The Hall–Kier alpha value is -2.92. The Labute approximate surface area is 165 Å². The van der Waals surface area contributed by atoms with Crippen LogP contribution >= 0.6 is 0 Å². The van der Waals surface area contributed by atoms with Crippen LogP contribution in [0.3, 0.4) is 0 Å². The Morgan fingerprint density at radius 1 is 1.07 bits per heavy atom. The molecule has 5 nitrogen and oxygen atoms in total. The van der Waals surface area contributed by atoms with E-state index in [-0.39, 0.29) is 11.6 Å². The molecule has 0 amide bonds. The van der Waals surface area contributed by atoms with Crippen molar-refractivity contribution in [1.29, 1.82) is 0 Å². The highest BCUT2D eigenvalue weighted by molar-refractivity contribution is 5.38. The van der Waals surface area contributed by atoms with Gasteiger partial charge in [0.15, 0.2) is 0 Å². The summed E-state index contributed by atoms with van der Waals surface area (Å²) in [5.74, 6) is 0.692. The molecule has 4 rings (SSSR count). The van der Waals surface area contributed by atoms with E-state index in [9.17, 15) is 4.79 Å². The molecule has 0 fully saturated rings. The highest BCUT2D eigenvalue weighted by Gasteiger charge is 2.27. The van der Waals surface area contributed by atoms with Crippen molar-refractivity contribution in [2.24, 2.45) is 0 Å². The molecule has 2 heterocycles. The molecular weight excluding hydrogens is 348 g/mol. The molecule has 28 heavy (non-hydrogen) atoms. The SMILES string of the molecule is Cc1nc2n(c(=O)c1Cc1ccccc1)C(CN(C)Cc1ccccc1)CN2. The average Bonchev–Trinajstić information content (AvgIpc) is 3.09. The second-order valence-electron chi connectivity index (χ2n) is 7.55. The average molecular weight is 374 g/mol. The minimum Gasteiger partial charge on any atom is -0.353 e. The topological polar surface area (TPSA) is 50.2 Å². The van der Waals surface area contributed by atoms with E-state index in [0.29, 0.717) is 12.4 Å². The zero-order chi connectivity index (χ0) is 19.5. The summed E-state index contributed by atoms with van der Waals surface area (Å²) in [6, 6.07) is 20.6. The van der Waals surface area contributed by atoms with Crippen molar-refractivity contribution in [3.63, 3.8) is 0 Å². The van der Waals surface area contributed by atoms with Crippen LogP contribution in [-0.2, 0) is 13.0 Å². The molecule has 0 saturated heterocycles. The van der Waals surface area contributed by atoms with Gasteiger partial charge in [0.05, 0.1) is 11.7 Å². The summed E-state index contributed by atoms with van der Waals surface area (Å²) in [4.78, 5) is 20.3. The first-order chi connectivity index (χ1) is 13.6. The number of likely N-dealkylation sites (N-methyl/N-ethyl adjacent to an activating group) is 1. The predicted molar refractivity (Wildman–Crippen MR) is 113 cm³/mol. The number of nitrogens with zero attached hydrogens (tertiary/aromatic N) is 3. The Kier molecular flexibility index (Phi) is 5.26. The maximum Gasteiger partial charge on any atom is 0.259 e. The molecule has 2 aromatic carbocycles. The Bertz CT molecular complexity index is 998. The fraction of sp³-hybridized carbons (Fsp3) is 0.304. The largest absolute Gasteiger partial charge is 0.353 e. The summed E-state index contributed by atoms with van der Waals surface area (Å²) in [7, 11) is 2.10. The number of benzene rings is 2. The molecule has 0 radical (unpaired) electrons. The normalized spacial score (nSPS) is 15.5. The first-order valence-corrected chi connectivity index (χ1v) is 9.74. The van der Waals surface area contributed by atoms with Gasteiger partial charge in [-0.05, 0) is 25.1 Å². The van der Waals surface area contributed by atoms with Gasteiger partial charge in [-0.3, -0.25) is 14.3 Å². The third-order valence-electron chi connectivity index (χ3n) is 5.32. The minimum atomic E-state index is 0.0782. The van der Waals surface area contributed by atoms with Gasteiger partial charge in [-0.15, -0.1) is 0 Å². The summed E-state index contributed by atoms with van der Waals surface area (Å²) < 4.78 is 1.85. The number of fused-ring (bicyclic) bond motifs is 1. The Balaban J connectivity index is 1.56. The van der Waals surface area contributed by atoms with E-state index in [0.717, 1.165) is 36.5 Å². The lowest BCUT2D eigenvalue weighted by Crippen LogP contribution is -2.34. The van der Waals surface area contributed by atoms with Gasteiger partial charge in [0.1, 0.15) is 0 Å². The van der Waals surface area contributed by atoms with E-state index in [2.05, 4.69) is 58.6 Å². The van der Waals surface area contributed by atoms with Gasteiger partial charge in [0.2, 0.25) is 5.95 Å². The Morgan fingerprint density at radius 2 is 1.71 bits per heavy atom. The molecule has 1 aliphatic heterocycles. The fourth-order valence-electron chi connectivity index (χ4n) is 3.91. The Morgan fingerprint density at radius 3 is 2.39 bits per heavy atom. The summed E-state index contributed by atoms with van der Waals surface area (Å²) in [5, 5.41) is 3.32. The number of aryl methyl sites for hydroxylation is 1. The van der Waals surface area contributed by atoms with Crippen LogP contribution in [0.4, 0.5) is 5.95 Å². The zero-order valence-corrected chi connectivity index (χ0v) is 16.4. The number of aromatic nitrogens is 2. The molecule has 1 aromatic heterocycles. The van der Waals surface area contributed by atoms with Crippen LogP contribution in [0.5, 0.6) is 0 Å². The van der Waals surface area contributed by atoms with Crippen molar-refractivity contribution in [2.45, 2.75) is 25.9 Å². The molecule has 1 N–H and O–H groups in total. The molecular formula is C23H26N4O. The van der Waals surface area contributed by atoms with Crippen molar-refractivity contribution in [3.05, 3.63) is 93.4 Å². The number of rotatable bonds is 6. The van der Waals surface area contributed by atoms with Gasteiger partial charge in [-0.1, -0.05) is 60.7 Å². The highest BCUT2D eigenvalue weighted by Crippen LogP contribution is 2.22. The number of hydrogen-bond donors (Lipinski definition) is 1. The standard InChI is InChI=1S/C23H26N4O/c1-17-21(13-18-9-5-3-6-10-18)22(28)27-20(14-24-23(27)25-17)16-26(2)15-19-11-7-4-8-12-19/h3-12,20H,13-16H2,1-2H3,(H,24,25). The maximum absolute atomic E-state index is 13.3. The van der Waals surface area contributed by atoms with Crippen LogP contribution in [0.1, 0.15) is 28.4 Å². The molecule has 5 heteroatoms. The summed E-state index contributed by atoms with van der Waals surface area (Å²) in [5.41, 5.74) is 4.08. The molecule has 0 saturated carbocycles. The van der Waals surface area contributed by atoms with Gasteiger partial charge in [-0.25, -0.2) is 4.98 Å². The van der Waals surface area contributed by atoms with Crippen molar-refractivity contribution >= 4 is 5.95 Å². The lowest BCUT2D eigenvalue weighted by atomic mass is 10.0. The highest BCUT2D eigenvalue weighted by atomic mass is 16.1. The smallest absolute Gasteiger partial charge is 0.259 e. The van der Waals surface area contributed by atoms with Crippen LogP contribution in [0.25, 0.3) is 0 Å². The molecule has 0 aliphatic carbocycles. The van der Waals surface area contributed by atoms with E-state index in [1.807, 2.05) is 35.8 Å². The van der Waals surface area contributed by atoms with Gasteiger partial charge in [-0.2, -0.15) is 0 Å². The molecule has 0 bridgehead atoms. The zero-order valence-electron chi connectivity index (χ0n) is 16.4. The van der Waals surface area contributed by atoms with Crippen molar-refractivity contribution in [2.75, 3.05) is 25.5 Å². The quantitative estimate of drug-likeness (QED) is 0.720. The summed E-state index contributed by atoms with van der Waals surface area (Å²) in [6.07, 6.45) is 0.616. The third-order valence-corrected chi connectivity index (χ3v) is 5.32. The van der Waals surface area contributed by atoms with Gasteiger partial charge in [0.25, 0.3) is 5.56 Å². The lowest BCUT2D eigenvalue weighted by molar-refractivity contribution is 0.280. The summed E-state index contributed by atoms with van der Waals surface area (Å²) >= 11 is 0. The molecule has 1 aliphatic rings. The number of hydrogen-bond acceptors (Lipinski definition) is 4. The van der Waals surface area contributed by atoms with E-state index in [4.69, 9.17) is 0 Å². The molecule has 0 spiro atoms. The van der Waals surface area contributed by atoms with E-state index >= 15 is 0 Å².